The van der Waals surface area contributed by atoms with Crippen molar-refractivity contribution in [3.05, 3.63) is 40.9 Å². The Labute approximate surface area is 158 Å². The first-order chi connectivity index (χ1) is 12.3. The Hall–Kier alpha value is -2.11. The van der Waals surface area contributed by atoms with Crippen LogP contribution >= 0.6 is 11.6 Å². The van der Waals surface area contributed by atoms with Crippen LogP contribution in [0.4, 0.5) is 18.9 Å². The van der Waals surface area contributed by atoms with Gasteiger partial charge in [0.2, 0.25) is 10.0 Å². The van der Waals surface area contributed by atoms with Crippen LogP contribution < -0.4 is 10.0 Å². The zero-order chi connectivity index (χ0) is 20.6. The fourth-order valence-corrected chi connectivity index (χ4v) is 4.12. The zero-order valence-corrected chi connectivity index (χ0v) is 16.0. The second kappa shape index (κ2) is 7.49. The molecule has 0 unspecified atom stereocenters. The van der Waals surface area contributed by atoms with Gasteiger partial charge in [-0.25, -0.2) is 8.42 Å². The van der Waals surface area contributed by atoms with Crippen LogP contribution in [-0.2, 0) is 17.1 Å². The average Bonchev–Trinajstić information content (AvgIpc) is 2.81. The first-order valence-corrected chi connectivity index (χ1v) is 9.37. The number of aromatic nitrogens is 2. The van der Waals surface area contributed by atoms with Gasteiger partial charge in [0, 0.05) is 30.8 Å². The van der Waals surface area contributed by atoms with Gasteiger partial charge < -0.3 is 9.88 Å². The first kappa shape index (κ1) is 21.2. The molecule has 2 aromatic rings. The van der Waals surface area contributed by atoms with Crippen molar-refractivity contribution < 1.29 is 26.4 Å². The van der Waals surface area contributed by atoms with Crippen molar-refractivity contribution in [2.75, 3.05) is 5.32 Å². The summed E-state index contributed by atoms with van der Waals surface area (Å²) in [5, 5.41) is 2.05. The fourth-order valence-electron chi connectivity index (χ4n) is 2.19. The SMILES string of the molecule is Cc1cc(NC(=O)c2c(Cl)c(S(=O)(=O)N[C@H](C)C(F)(F)F)cn2C)ccn1. The van der Waals surface area contributed by atoms with Crippen molar-refractivity contribution >= 4 is 33.2 Å². The van der Waals surface area contributed by atoms with Gasteiger partial charge in [-0.3, -0.25) is 9.78 Å². The Kier molecular flexibility index (Phi) is 5.88. The molecule has 0 aliphatic rings. The third kappa shape index (κ3) is 4.79. The maximum absolute atomic E-state index is 12.6. The van der Waals surface area contributed by atoms with Crippen molar-refractivity contribution in [2.24, 2.45) is 7.05 Å². The Morgan fingerprint density at radius 1 is 1.37 bits per heavy atom. The standard InChI is InChI=1S/C15H16ClF3N4O3S/c1-8-6-10(4-5-20-8)21-14(24)13-12(16)11(7-23(13)3)27(25,26)22-9(2)15(17,18)19/h4-7,9,22H,1-3H3,(H,20,21,24)/t9-/m1/s1. The smallest absolute Gasteiger partial charge is 0.344 e. The predicted molar refractivity (Wildman–Crippen MR) is 93.2 cm³/mol. The minimum absolute atomic E-state index is 0.217. The lowest BCUT2D eigenvalue weighted by Gasteiger charge is -2.16. The highest BCUT2D eigenvalue weighted by molar-refractivity contribution is 7.89. The molecule has 0 radical (unpaired) electrons. The van der Waals surface area contributed by atoms with E-state index in [0.717, 1.165) is 10.8 Å². The summed E-state index contributed by atoms with van der Waals surface area (Å²) in [5.41, 5.74) is 0.823. The van der Waals surface area contributed by atoms with Gasteiger partial charge in [0.15, 0.2) is 0 Å². The molecule has 27 heavy (non-hydrogen) atoms. The van der Waals surface area contributed by atoms with E-state index in [9.17, 15) is 26.4 Å². The summed E-state index contributed by atoms with van der Waals surface area (Å²) in [4.78, 5) is 15.8. The number of carbonyl (C=O) groups is 1. The lowest BCUT2D eigenvalue weighted by atomic mass is 10.3. The maximum atomic E-state index is 12.6. The molecule has 1 amide bonds. The summed E-state index contributed by atoms with van der Waals surface area (Å²) >= 11 is 6.01. The zero-order valence-electron chi connectivity index (χ0n) is 14.4. The van der Waals surface area contributed by atoms with Crippen molar-refractivity contribution in [3.8, 4) is 0 Å². The number of hydrogen-bond donors (Lipinski definition) is 2. The molecule has 0 saturated carbocycles. The summed E-state index contributed by atoms with van der Waals surface area (Å²) in [5.74, 6) is -0.724. The Morgan fingerprint density at radius 2 is 2.00 bits per heavy atom. The molecule has 1 atom stereocenters. The van der Waals surface area contributed by atoms with Crippen molar-refractivity contribution in [1.82, 2.24) is 14.3 Å². The molecule has 0 fully saturated rings. The highest BCUT2D eigenvalue weighted by Gasteiger charge is 2.40. The molecule has 0 aliphatic heterocycles. The number of sulfonamides is 1. The molecule has 0 spiro atoms. The minimum atomic E-state index is -4.77. The molecule has 148 valence electrons. The molecule has 0 aromatic carbocycles. The van der Waals surface area contributed by atoms with Crippen LogP contribution in [0.1, 0.15) is 23.1 Å². The quantitative estimate of drug-likeness (QED) is 0.771. The van der Waals surface area contributed by atoms with Crippen molar-refractivity contribution in [1.29, 1.82) is 0 Å². The summed E-state index contributed by atoms with van der Waals surface area (Å²) in [6, 6.07) is 0.779. The van der Waals surface area contributed by atoms with Crippen LogP contribution in [0.3, 0.4) is 0 Å². The number of aryl methyl sites for hydroxylation is 2. The maximum Gasteiger partial charge on any atom is 0.404 e. The number of anilines is 1. The second-order valence-electron chi connectivity index (χ2n) is 5.79. The Bertz CT molecular complexity index is 973. The lowest BCUT2D eigenvalue weighted by Crippen LogP contribution is -2.42. The minimum Gasteiger partial charge on any atom is -0.344 e. The summed E-state index contributed by atoms with van der Waals surface area (Å²) in [7, 11) is -3.25. The number of alkyl halides is 3. The van der Waals surface area contributed by atoms with Gasteiger partial charge in [-0.1, -0.05) is 11.6 Å². The molecule has 0 bridgehead atoms. The number of nitrogens with one attached hydrogen (secondary N) is 2. The van der Waals surface area contributed by atoms with E-state index in [4.69, 9.17) is 11.6 Å². The molecule has 2 rings (SSSR count). The van der Waals surface area contributed by atoms with Gasteiger partial charge in [-0.2, -0.15) is 17.9 Å². The largest absolute Gasteiger partial charge is 0.404 e. The van der Waals surface area contributed by atoms with Gasteiger partial charge >= 0.3 is 6.18 Å². The van der Waals surface area contributed by atoms with E-state index in [1.807, 2.05) is 0 Å². The monoisotopic (exact) mass is 424 g/mol. The molecule has 2 heterocycles. The third-order valence-corrected chi connectivity index (χ3v) is 5.62. The van der Waals surface area contributed by atoms with Gasteiger partial charge in [0.1, 0.15) is 16.6 Å². The topological polar surface area (TPSA) is 93.1 Å². The van der Waals surface area contributed by atoms with Crippen LogP contribution in [0.5, 0.6) is 0 Å². The van der Waals surface area contributed by atoms with E-state index >= 15 is 0 Å². The molecular formula is C15H16ClF3N4O3S. The van der Waals surface area contributed by atoms with Crippen LogP contribution in [0.15, 0.2) is 29.4 Å². The number of carbonyl (C=O) groups excluding carboxylic acids is 1. The summed E-state index contributed by atoms with van der Waals surface area (Å²) < 4.78 is 65.1. The molecule has 12 heteroatoms. The van der Waals surface area contributed by atoms with Crippen molar-refractivity contribution in [2.45, 2.75) is 31.0 Å². The molecule has 0 saturated heterocycles. The lowest BCUT2D eigenvalue weighted by molar-refractivity contribution is -0.147. The number of amides is 1. The molecule has 7 nitrogen and oxygen atoms in total. The highest BCUT2D eigenvalue weighted by Crippen LogP contribution is 2.29. The molecular weight excluding hydrogens is 409 g/mol. The van der Waals surface area contributed by atoms with E-state index in [1.165, 1.54) is 24.0 Å². The van der Waals surface area contributed by atoms with Crippen LogP contribution in [-0.4, -0.2) is 36.1 Å². The Morgan fingerprint density at radius 3 is 2.56 bits per heavy atom. The fraction of sp³-hybridized carbons (Fsp3) is 0.333. The van der Waals surface area contributed by atoms with E-state index in [0.29, 0.717) is 18.3 Å². The van der Waals surface area contributed by atoms with Gasteiger partial charge in [-0.05, 0) is 26.0 Å². The third-order valence-electron chi connectivity index (χ3n) is 3.57. The van der Waals surface area contributed by atoms with Gasteiger partial charge in [0.05, 0.1) is 5.02 Å². The van der Waals surface area contributed by atoms with Gasteiger partial charge in [0.25, 0.3) is 5.91 Å². The van der Waals surface area contributed by atoms with Crippen LogP contribution in [0.2, 0.25) is 5.02 Å². The number of rotatable bonds is 5. The number of halogens is 4. The first-order valence-electron chi connectivity index (χ1n) is 7.51. The number of nitrogens with zero attached hydrogens (tertiary/aromatic N) is 2. The van der Waals surface area contributed by atoms with E-state index in [2.05, 4.69) is 10.3 Å². The average molecular weight is 425 g/mol. The number of hydrogen-bond acceptors (Lipinski definition) is 4. The predicted octanol–water partition coefficient (Wildman–Crippen LogP) is 2.86. The normalized spacial score (nSPS) is 13.4. The van der Waals surface area contributed by atoms with Crippen molar-refractivity contribution in [3.63, 3.8) is 0 Å². The Balaban J connectivity index is 2.34. The summed E-state index contributed by atoms with van der Waals surface area (Å²) in [6.45, 7) is 2.37. The highest BCUT2D eigenvalue weighted by atomic mass is 35.5. The van der Waals surface area contributed by atoms with Crippen LogP contribution in [0, 0.1) is 6.92 Å². The van der Waals surface area contributed by atoms with E-state index in [-0.39, 0.29) is 5.69 Å². The molecule has 0 aliphatic carbocycles. The van der Waals surface area contributed by atoms with E-state index < -0.39 is 38.1 Å². The van der Waals surface area contributed by atoms with Crippen LogP contribution in [0.25, 0.3) is 0 Å². The molecule has 2 aromatic heterocycles. The second-order valence-corrected chi connectivity index (χ2v) is 7.85. The van der Waals surface area contributed by atoms with E-state index in [1.54, 1.807) is 13.0 Å². The summed E-state index contributed by atoms with van der Waals surface area (Å²) in [6.07, 6.45) is -2.33. The molecule has 2 N–H and O–H groups in total. The number of pyridine rings is 1. The van der Waals surface area contributed by atoms with Gasteiger partial charge in [-0.15, -0.1) is 0 Å².